The van der Waals surface area contributed by atoms with E-state index in [1.165, 1.54) is 12.1 Å². The smallest absolute Gasteiger partial charge is 0.387 e. The van der Waals surface area contributed by atoms with Gasteiger partial charge in [0.15, 0.2) is 0 Å². The van der Waals surface area contributed by atoms with Crippen LogP contribution in [-0.4, -0.2) is 23.7 Å². The third kappa shape index (κ3) is 6.98. The number of nitrogens with one attached hydrogen (secondary N) is 1. The lowest BCUT2D eigenvalue weighted by atomic mass is 10.0. The van der Waals surface area contributed by atoms with Gasteiger partial charge in [-0.25, -0.2) is 0 Å². The predicted molar refractivity (Wildman–Crippen MR) is 95.7 cm³/mol. The van der Waals surface area contributed by atoms with Crippen LogP contribution < -0.4 is 10.1 Å². The summed E-state index contributed by atoms with van der Waals surface area (Å²) in [5.74, 6) is -0.831. The first-order valence-corrected chi connectivity index (χ1v) is 8.54. The van der Waals surface area contributed by atoms with Gasteiger partial charge in [-0.3, -0.25) is 4.79 Å². The van der Waals surface area contributed by atoms with Gasteiger partial charge < -0.3 is 15.2 Å². The number of aliphatic carboxylic acids is 1. The van der Waals surface area contributed by atoms with Crippen molar-refractivity contribution in [3.63, 3.8) is 0 Å². The second-order valence-corrected chi connectivity index (χ2v) is 6.27. The average Bonchev–Trinajstić information content (AvgIpc) is 2.59. The van der Waals surface area contributed by atoms with Gasteiger partial charge in [0.25, 0.3) is 0 Å². The van der Waals surface area contributed by atoms with Crippen LogP contribution in [0.4, 0.5) is 8.78 Å². The standard InChI is InChI=1S/C19H20ClF2NO3/c20-15-6-8-17(26-19(21)22)14(11-15)12-23-16(7-9-18(24)25)10-13-4-2-1-3-5-13/h1-6,8,11,16,19,23H,7,9-10,12H2,(H,24,25). The van der Waals surface area contributed by atoms with Crippen LogP contribution in [0.5, 0.6) is 5.75 Å². The van der Waals surface area contributed by atoms with Crippen LogP contribution in [0.15, 0.2) is 48.5 Å². The quantitative estimate of drug-likeness (QED) is 0.634. The number of carboxylic acid groups (broad SMARTS) is 1. The van der Waals surface area contributed by atoms with Gasteiger partial charge in [0, 0.05) is 29.6 Å². The van der Waals surface area contributed by atoms with Crippen molar-refractivity contribution in [1.82, 2.24) is 5.32 Å². The number of halogens is 3. The largest absolute Gasteiger partial charge is 0.481 e. The van der Waals surface area contributed by atoms with Crippen molar-refractivity contribution in [3.8, 4) is 5.75 Å². The molecule has 0 amide bonds. The van der Waals surface area contributed by atoms with Crippen molar-refractivity contribution in [2.45, 2.75) is 38.5 Å². The molecule has 140 valence electrons. The Morgan fingerprint density at radius 1 is 1.19 bits per heavy atom. The minimum Gasteiger partial charge on any atom is -0.481 e. The van der Waals surface area contributed by atoms with E-state index in [0.29, 0.717) is 23.4 Å². The van der Waals surface area contributed by atoms with E-state index in [1.54, 1.807) is 6.07 Å². The Balaban J connectivity index is 2.07. The Bertz CT molecular complexity index is 713. The van der Waals surface area contributed by atoms with Crippen LogP contribution in [0.2, 0.25) is 5.02 Å². The second-order valence-electron chi connectivity index (χ2n) is 5.83. The third-order valence-corrected chi connectivity index (χ3v) is 4.09. The maximum Gasteiger partial charge on any atom is 0.387 e. The zero-order valence-corrected chi connectivity index (χ0v) is 14.8. The SMILES string of the molecule is O=C(O)CCC(Cc1ccccc1)NCc1cc(Cl)ccc1OC(F)F. The van der Waals surface area contributed by atoms with Gasteiger partial charge in [-0.2, -0.15) is 8.78 Å². The Morgan fingerprint density at radius 2 is 1.92 bits per heavy atom. The second kappa shape index (κ2) is 10.1. The molecule has 4 nitrogen and oxygen atoms in total. The highest BCUT2D eigenvalue weighted by molar-refractivity contribution is 6.30. The summed E-state index contributed by atoms with van der Waals surface area (Å²) in [5, 5.41) is 12.6. The molecule has 7 heteroatoms. The molecule has 0 aliphatic heterocycles. The topological polar surface area (TPSA) is 58.6 Å². The van der Waals surface area contributed by atoms with Crippen molar-refractivity contribution in [2.75, 3.05) is 0 Å². The molecule has 2 N–H and O–H groups in total. The van der Waals surface area contributed by atoms with Crippen LogP contribution in [0.1, 0.15) is 24.0 Å². The van der Waals surface area contributed by atoms with E-state index in [2.05, 4.69) is 10.1 Å². The fourth-order valence-corrected chi connectivity index (χ4v) is 2.82. The van der Waals surface area contributed by atoms with Crippen molar-refractivity contribution in [1.29, 1.82) is 0 Å². The van der Waals surface area contributed by atoms with Crippen molar-refractivity contribution in [2.24, 2.45) is 0 Å². The molecule has 0 fully saturated rings. The number of carbonyl (C=O) groups is 1. The van der Waals surface area contributed by atoms with E-state index in [4.69, 9.17) is 16.7 Å². The molecule has 0 saturated heterocycles. The first-order chi connectivity index (χ1) is 12.4. The minimum atomic E-state index is -2.93. The van der Waals surface area contributed by atoms with Gasteiger partial charge in [0.2, 0.25) is 0 Å². The van der Waals surface area contributed by atoms with Gasteiger partial charge in [0.1, 0.15) is 5.75 Å². The first kappa shape index (κ1) is 20.1. The molecule has 1 atom stereocenters. The van der Waals surface area contributed by atoms with Crippen molar-refractivity contribution >= 4 is 17.6 Å². The van der Waals surface area contributed by atoms with Crippen molar-refractivity contribution < 1.29 is 23.4 Å². The summed E-state index contributed by atoms with van der Waals surface area (Å²) in [6.45, 7) is -2.69. The van der Waals surface area contributed by atoms with Crippen LogP contribution >= 0.6 is 11.6 Å². The third-order valence-electron chi connectivity index (χ3n) is 3.85. The lowest BCUT2D eigenvalue weighted by Gasteiger charge is -2.20. The molecular formula is C19H20ClF2NO3. The fourth-order valence-electron chi connectivity index (χ4n) is 2.62. The number of rotatable bonds is 10. The summed E-state index contributed by atoms with van der Waals surface area (Å²) < 4.78 is 29.6. The summed E-state index contributed by atoms with van der Waals surface area (Å²) in [5.41, 5.74) is 1.55. The van der Waals surface area contributed by atoms with Gasteiger partial charge in [0.05, 0.1) is 0 Å². The molecule has 0 radical (unpaired) electrons. The summed E-state index contributed by atoms with van der Waals surface area (Å²) in [4.78, 5) is 10.9. The zero-order chi connectivity index (χ0) is 18.9. The molecule has 26 heavy (non-hydrogen) atoms. The lowest BCUT2D eigenvalue weighted by Crippen LogP contribution is -2.31. The van der Waals surface area contributed by atoms with E-state index in [0.717, 1.165) is 5.56 Å². The monoisotopic (exact) mass is 383 g/mol. The van der Waals surface area contributed by atoms with Crippen molar-refractivity contribution in [3.05, 3.63) is 64.7 Å². The van der Waals surface area contributed by atoms with Gasteiger partial charge >= 0.3 is 12.6 Å². The van der Waals surface area contributed by atoms with Crippen LogP contribution in [-0.2, 0) is 17.8 Å². The molecule has 0 spiro atoms. The summed E-state index contributed by atoms with van der Waals surface area (Å²) >= 11 is 5.95. The Kier molecular flexibility index (Phi) is 7.81. The Labute approximate surface area is 155 Å². The average molecular weight is 384 g/mol. The molecule has 0 saturated carbocycles. The molecule has 0 aromatic heterocycles. The van der Waals surface area contributed by atoms with Gasteiger partial charge in [-0.1, -0.05) is 41.9 Å². The maximum absolute atomic E-state index is 12.6. The molecule has 1 unspecified atom stereocenters. The van der Waals surface area contributed by atoms with E-state index in [1.807, 2.05) is 30.3 Å². The molecule has 0 bridgehead atoms. The number of carboxylic acids is 1. The van der Waals surface area contributed by atoms with E-state index in [9.17, 15) is 13.6 Å². The summed E-state index contributed by atoms with van der Waals surface area (Å²) in [6, 6.07) is 14.0. The first-order valence-electron chi connectivity index (χ1n) is 8.16. The van der Waals surface area contributed by atoms with E-state index < -0.39 is 12.6 Å². The fraction of sp³-hybridized carbons (Fsp3) is 0.316. The number of ether oxygens (including phenoxy) is 1. The molecule has 2 aromatic carbocycles. The highest BCUT2D eigenvalue weighted by atomic mass is 35.5. The summed E-state index contributed by atoms with van der Waals surface area (Å²) in [6.07, 6.45) is 1.05. The zero-order valence-electron chi connectivity index (χ0n) is 14.0. The van der Waals surface area contributed by atoms with Crippen LogP contribution in [0.25, 0.3) is 0 Å². The molecular weight excluding hydrogens is 364 g/mol. The highest BCUT2D eigenvalue weighted by Crippen LogP contribution is 2.25. The summed E-state index contributed by atoms with van der Waals surface area (Å²) in [7, 11) is 0. The highest BCUT2D eigenvalue weighted by Gasteiger charge is 2.15. The van der Waals surface area contributed by atoms with Gasteiger partial charge in [-0.15, -0.1) is 0 Å². The van der Waals surface area contributed by atoms with E-state index >= 15 is 0 Å². The number of alkyl halides is 2. The maximum atomic E-state index is 12.6. The minimum absolute atomic E-state index is 0.0143. The van der Waals surface area contributed by atoms with E-state index in [-0.39, 0.29) is 24.8 Å². The molecule has 0 aliphatic carbocycles. The normalized spacial score (nSPS) is 12.2. The number of benzene rings is 2. The number of hydrogen-bond donors (Lipinski definition) is 2. The Morgan fingerprint density at radius 3 is 2.58 bits per heavy atom. The molecule has 0 aliphatic rings. The van der Waals surface area contributed by atoms with Crippen LogP contribution in [0.3, 0.4) is 0 Å². The Hall–Kier alpha value is -2.18. The van der Waals surface area contributed by atoms with Gasteiger partial charge in [-0.05, 0) is 36.6 Å². The predicted octanol–water partition coefficient (Wildman–Crippen LogP) is 4.51. The lowest BCUT2D eigenvalue weighted by molar-refractivity contribution is -0.137. The number of hydrogen-bond acceptors (Lipinski definition) is 3. The van der Waals surface area contributed by atoms with Crippen LogP contribution in [0, 0.1) is 0 Å². The molecule has 0 heterocycles. The molecule has 2 rings (SSSR count). The molecule has 2 aromatic rings.